The summed E-state index contributed by atoms with van der Waals surface area (Å²) in [5, 5.41) is 3.54. The molecule has 1 spiro atoms. The molecule has 0 radical (unpaired) electrons. The first-order chi connectivity index (χ1) is 36.2. The van der Waals surface area contributed by atoms with Crippen LogP contribution in [-0.4, -0.2) is 9.97 Å². The largest absolute Gasteiger partial charge is 0.457 e. The third kappa shape index (κ3) is 6.51. The summed E-state index contributed by atoms with van der Waals surface area (Å²) >= 11 is 1.84. The first-order valence-corrected chi connectivity index (χ1v) is 25.7. The molecule has 2 aliphatic rings. The lowest BCUT2D eigenvalue weighted by Crippen LogP contribution is -2.32. The van der Waals surface area contributed by atoms with Crippen LogP contribution in [0.2, 0.25) is 0 Å². The van der Waals surface area contributed by atoms with E-state index >= 15 is 0 Å². The van der Waals surface area contributed by atoms with Crippen LogP contribution < -0.4 is 4.74 Å². The van der Waals surface area contributed by atoms with Crippen LogP contribution in [0.5, 0.6) is 11.5 Å². The van der Waals surface area contributed by atoms with Crippen LogP contribution in [-0.2, 0) is 5.41 Å². The number of ether oxygens (including phenoxy) is 1. The number of benzene rings is 11. The van der Waals surface area contributed by atoms with Crippen molar-refractivity contribution in [1.82, 2.24) is 9.97 Å². The predicted octanol–water partition coefficient (Wildman–Crippen LogP) is 18.5. The number of hydrogen-bond acceptors (Lipinski definition) is 4. The number of fused-ring (bicyclic) bond motifs is 13. The summed E-state index contributed by atoms with van der Waals surface area (Å²) in [7, 11) is 0. The molecule has 340 valence electrons. The van der Waals surface area contributed by atoms with Gasteiger partial charge in [0.2, 0.25) is 0 Å². The second kappa shape index (κ2) is 16.4. The molecular weight excluding hydrogens is 905 g/mol. The normalized spacial score (nSPS) is 12.9. The number of nitrogens with zero attached hydrogens (tertiary/aromatic N) is 2. The van der Waals surface area contributed by atoms with Crippen LogP contribution in [0.1, 0.15) is 22.3 Å². The fraction of sp³-hybridized carbons (Fsp3) is 0.0145. The standard InChI is InChI=1S/C69H42N2OS/c1-3-15-43(16-4-1)45-27-29-46(30-28-45)51-35-33-50(40-56(51)48-34-38-66-57(39-48)54-19-8-14-26-65(54)73-66)68-70-62-23-11-7-20-55(62)67(71-68)49-32-37-53-52-36-31-47(44-17-5-2-6-18-44)41-60(52)69(61(53)42-49)58-21-9-12-24-63(58)72-64-25-13-10-22-59(64)69/h1-42H. The zero-order valence-corrected chi connectivity index (χ0v) is 40.3. The Balaban J connectivity index is 0.929. The number of hydrogen-bond donors (Lipinski definition) is 0. The van der Waals surface area contributed by atoms with E-state index in [4.69, 9.17) is 14.7 Å². The van der Waals surface area contributed by atoms with Gasteiger partial charge in [-0.1, -0.05) is 200 Å². The Bertz CT molecular complexity index is 4300. The molecule has 1 aliphatic carbocycles. The van der Waals surface area contributed by atoms with E-state index in [0.717, 1.165) is 72.6 Å². The Hall–Kier alpha value is -9.22. The summed E-state index contributed by atoms with van der Waals surface area (Å²) in [6.45, 7) is 0. The molecule has 0 unspecified atom stereocenters. The highest BCUT2D eigenvalue weighted by Crippen LogP contribution is 2.63. The topological polar surface area (TPSA) is 35.0 Å². The second-order valence-corrected chi connectivity index (χ2v) is 20.2. The van der Waals surface area contributed by atoms with Crippen LogP contribution in [0.3, 0.4) is 0 Å². The summed E-state index contributed by atoms with van der Waals surface area (Å²) in [5.41, 5.74) is 19.6. The number of para-hydroxylation sites is 3. The average molecular weight is 947 g/mol. The molecule has 3 heterocycles. The maximum Gasteiger partial charge on any atom is 0.160 e. The quantitative estimate of drug-likeness (QED) is 0.167. The van der Waals surface area contributed by atoms with Gasteiger partial charge in [-0.05, 0) is 121 Å². The molecule has 1 aliphatic heterocycles. The van der Waals surface area contributed by atoms with E-state index in [2.05, 4.69) is 255 Å². The Kier molecular flexibility index (Phi) is 9.35. The highest BCUT2D eigenvalue weighted by molar-refractivity contribution is 7.25. The summed E-state index contributed by atoms with van der Waals surface area (Å²) < 4.78 is 9.33. The molecule has 4 heteroatoms. The fourth-order valence-corrected chi connectivity index (χ4v) is 12.9. The Morgan fingerprint density at radius 3 is 1.56 bits per heavy atom. The van der Waals surface area contributed by atoms with E-state index in [0.29, 0.717) is 5.82 Å². The van der Waals surface area contributed by atoms with Crippen molar-refractivity contribution in [2.75, 3.05) is 0 Å². The minimum atomic E-state index is -0.665. The molecule has 0 N–H and O–H groups in total. The summed E-state index contributed by atoms with van der Waals surface area (Å²) in [4.78, 5) is 11.0. The van der Waals surface area contributed by atoms with Crippen LogP contribution >= 0.6 is 11.3 Å². The van der Waals surface area contributed by atoms with E-state index in [1.165, 1.54) is 64.7 Å². The Labute approximate surface area is 427 Å². The van der Waals surface area contributed by atoms with Crippen LogP contribution in [0, 0.1) is 0 Å². The lowest BCUT2D eigenvalue weighted by Gasteiger charge is -2.39. The van der Waals surface area contributed by atoms with Crippen molar-refractivity contribution in [3.63, 3.8) is 0 Å². The Morgan fingerprint density at radius 2 is 0.822 bits per heavy atom. The van der Waals surface area contributed by atoms with Crippen molar-refractivity contribution in [3.8, 4) is 89.8 Å². The lowest BCUT2D eigenvalue weighted by molar-refractivity contribution is 0.436. The third-order valence-electron chi connectivity index (χ3n) is 15.2. The van der Waals surface area contributed by atoms with Crippen LogP contribution in [0.4, 0.5) is 0 Å². The van der Waals surface area contributed by atoms with Gasteiger partial charge in [0.1, 0.15) is 11.5 Å². The molecule has 3 nitrogen and oxygen atoms in total. The molecular formula is C69H42N2OS. The molecule has 0 bridgehead atoms. The van der Waals surface area contributed by atoms with Gasteiger partial charge in [-0.3, -0.25) is 0 Å². The first kappa shape index (κ1) is 41.6. The highest BCUT2D eigenvalue weighted by Gasteiger charge is 2.51. The molecule has 11 aromatic carbocycles. The van der Waals surface area contributed by atoms with Crippen LogP contribution in [0.15, 0.2) is 255 Å². The second-order valence-electron chi connectivity index (χ2n) is 19.2. The average Bonchev–Trinajstić information content (AvgIpc) is 3.98. The van der Waals surface area contributed by atoms with Gasteiger partial charge in [0.05, 0.1) is 16.6 Å². The number of aromatic nitrogens is 2. The van der Waals surface area contributed by atoms with Gasteiger partial charge in [-0.15, -0.1) is 11.3 Å². The van der Waals surface area contributed by atoms with Gasteiger partial charge >= 0.3 is 0 Å². The SMILES string of the molecule is c1ccc(-c2ccc(-c3ccc(-c4nc(-c5ccc6c(c5)C5(c7ccccc7Oc7ccccc75)c5cc(-c7ccccc7)ccc5-6)c5ccccc5n4)cc3-c3ccc4sc5ccccc5c4c3)cc2)cc1. The zero-order valence-electron chi connectivity index (χ0n) is 39.5. The molecule has 0 fully saturated rings. The number of rotatable bonds is 6. The van der Waals surface area contributed by atoms with Crippen molar-refractivity contribution in [2.45, 2.75) is 5.41 Å². The summed E-state index contributed by atoms with van der Waals surface area (Å²) in [6.07, 6.45) is 0. The van der Waals surface area contributed by atoms with Gasteiger partial charge in [0.15, 0.2) is 5.82 Å². The van der Waals surface area contributed by atoms with Crippen molar-refractivity contribution in [2.24, 2.45) is 0 Å². The molecule has 73 heavy (non-hydrogen) atoms. The summed E-state index contributed by atoms with van der Waals surface area (Å²) in [6, 6.07) is 92.3. The molecule has 0 saturated heterocycles. The fourth-order valence-electron chi connectivity index (χ4n) is 11.8. The minimum Gasteiger partial charge on any atom is -0.457 e. The predicted molar refractivity (Wildman–Crippen MR) is 302 cm³/mol. The third-order valence-corrected chi connectivity index (χ3v) is 16.3. The van der Waals surface area contributed by atoms with E-state index in [9.17, 15) is 0 Å². The molecule has 0 atom stereocenters. The van der Waals surface area contributed by atoms with Crippen LogP contribution in [0.25, 0.3) is 109 Å². The van der Waals surface area contributed by atoms with E-state index in [1.807, 2.05) is 11.3 Å². The smallest absolute Gasteiger partial charge is 0.160 e. The zero-order chi connectivity index (χ0) is 48.0. The molecule has 15 rings (SSSR count). The first-order valence-electron chi connectivity index (χ1n) is 24.9. The van der Waals surface area contributed by atoms with Crippen molar-refractivity contribution < 1.29 is 4.74 Å². The van der Waals surface area contributed by atoms with E-state index < -0.39 is 5.41 Å². The molecule has 0 amide bonds. The van der Waals surface area contributed by atoms with E-state index in [1.54, 1.807) is 0 Å². The molecule has 0 saturated carbocycles. The van der Waals surface area contributed by atoms with Gasteiger partial charge in [0, 0.05) is 47.8 Å². The van der Waals surface area contributed by atoms with Gasteiger partial charge in [0.25, 0.3) is 0 Å². The number of thiophene rings is 1. The highest BCUT2D eigenvalue weighted by atomic mass is 32.1. The van der Waals surface area contributed by atoms with Gasteiger partial charge in [-0.2, -0.15) is 0 Å². The Morgan fingerprint density at radius 1 is 0.301 bits per heavy atom. The molecule has 13 aromatic rings. The maximum atomic E-state index is 6.76. The van der Waals surface area contributed by atoms with Crippen molar-refractivity contribution in [1.29, 1.82) is 0 Å². The van der Waals surface area contributed by atoms with Crippen molar-refractivity contribution in [3.05, 3.63) is 277 Å². The maximum absolute atomic E-state index is 6.76. The lowest BCUT2D eigenvalue weighted by atomic mass is 9.65. The van der Waals surface area contributed by atoms with Gasteiger partial charge in [-0.25, -0.2) is 9.97 Å². The monoisotopic (exact) mass is 946 g/mol. The molecule has 2 aromatic heterocycles. The summed E-state index contributed by atoms with van der Waals surface area (Å²) in [5.74, 6) is 2.40. The van der Waals surface area contributed by atoms with E-state index in [-0.39, 0.29) is 0 Å². The van der Waals surface area contributed by atoms with Crippen molar-refractivity contribution >= 4 is 42.4 Å². The minimum absolute atomic E-state index is 0.665. The van der Waals surface area contributed by atoms with Gasteiger partial charge < -0.3 is 4.74 Å².